The lowest BCUT2D eigenvalue weighted by molar-refractivity contribution is -0.143. The standard InChI is InChI=1S/C17H9ClF6N2O2/c18-10-1-2-12-13(6-10)25-14(26-15(12)27)7-28-11-4-8(16(19,20)21)3-9(5-11)17(22,23)24/h1-6H,7H2,(H,25,26,27). The molecule has 0 unspecified atom stereocenters. The molecule has 0 bridgehead atoms. The van der Waals surface area contributed by atoms with Crippen molar-refractivity contribution in [3.05, 3.63) is 68.7 Å². The highest BCUT2D eigenvalue weighted by Gasteiger charge is 2.37. The zero-order chi connectivity index (χ0) is 20.7. The Morgan fingerprint density at radius 3 is 2.14 bits per heavy atom. The maximum absolute atomic E-state index is 12.9. The highest BCUT2D eigenvalue weighted by molar-refractivity contribution is 6.31. The summed E-state index contributed by atoms with van der Waals surface area (Å²) in [6.45, 7) is -0.559. The van der Waals surface area contributed by atoms with E-state index in [1.807, 2.05) is 0 Å². The summed E-state index contributed by atoms with van der Waals surface area (Å²) in [4.78, 5) is 18.4. The molecular weight excluding hydrogens is 414 g/mol. The summed E-state index contributed by atoms with van der Waals surface area (Å²) in [5.74, 6) is -0.762. The van der Waals surface area contributed by atoms with Gasteiger partial charge in [0.05, 0.1) is 22.0 Å². The predicted molar refractivity (Wildman–Crippen MR) is 88.2 cm³/mol. The molecule has 4 nitrogen and oxygen atoms in total. The minimum atomic E-state index is -4.99. The Labute approximate surface area is 157 Å². The smallest absolute Gasteiger partial charge is 0.416 e. The highest BCUT2D eigenvalue weighted by atomic mass is 35.5. The zero-order valence-corrected chi connectivity index (χ0v) is 14.3. The van der Waals surface area contributed by atoms with Crippen molar-refractivity contribution in [2.45, 2.75) is 19.0 Å². The van der Waals surface area contributed by atoms with Crippen LogP contribution in [0.3, 0.4) is 0 Å². The molecule has 0 aliphatic carbocycles. The summed E-state index contributed by atoms with van der Waals surface area (Å²) in [6.07, 6.45) is -9.99. The predicted octanol–water partition coefficient (Wildman–Crippen LogP) is 5.19. The van der Waals surface area contributed by atoms with Crippen LogP contribution in [0.4, 0.5) is 26.3 Å². The molecule has 11 heteroatoms. The third kappa shape index (κ3) is 4.38. The summed E-state index contributed by atoms with van der Waals surface area (Å²) in [7, 11) is 0. The Balaban J connectivity index is 1.94. The van der Waals surface area contributed by atoms with Gasteiger partial charge >= 0.3 is 12.4 Å². The molecule has 2 aromatic carbocycles. The number of H-pyrrole nitrogens is 1. The Kier molecular flexibility index (Phi) is 5.00. The van der Waals surface area contributed by atoms with Crippen LogP contribution in [0.5, 0.6) is 5.75 Å². The first-order valence-corrected chi connectivity index (χ1v) is 7.92. The summed E-state index contributed by atoms with van der Waals surface area (Å²) in [6, 6.07) is 5.15. The van der Waals surface area contributed by atoms with Crippen molar-refractivity contribution in [3.63, 3.8) is 0 Å². The quantitative estimate of drug-likeness (QED) is 0.591. The number of nitrogens with zero attached hydrogens (tertiary/aromatic N) is 1. The molecule has 0 amide bonds. The van der Waals surface area contributed by atoms with Crippen molar-refractivity contribution in [1.29, 1.82) is 0 Å². The average molecular weight is 423 g/mol. The van der Waals surface area contributed by atoms with Crippen LogP contribution in [0.15, 0.2) is 41.2 Å². The second-order valence-electron chi connectivity index (χ2n) is 5.70. The van der Waals surface area contributed by atoms with Gasteiger partial charge in [-0.25, -0.2) is 4.98 Å². The van der Waals surface area contributed by atoms with E-state index in [1.54, 1.807) is 0 Å². The van der Waals surface area contributed by atoms with Gasteiger partial charge < -0.3 is 9.72 Å². The van der Waals surface area contributed by atoms with Crippen molar-refractivity contribution in [2.75, 3.05) is 0 Å². The number of hydrogen-bond acceptors (Lipinski definition) is 3. The number of alkyl halides is 6. The van der Waals surface area contributed by atoms with Crippen LogP contribution in [0.25, 0.3) is 10.9 Å². The van der Waals surface area contributed by atoms with E-state index in [0.717, 1.165) is 0 Å². The van der Waals surface area contributed by atoms with Gasteiger partial charge in [0.1, 0.15) is 18.2 Å². The number of ether oxygens (including phenoxy) is 1. The SMILES string of the molecule is O=c1[nH]c(COc2cc(C(F)(F)F)cc(C(F)(F)F)c2)nc2cc(Cl)ccc12. The first-order chi connectivity index (χ1) is 12.9. The first-order valence-electron chi connectivity index (χ1n) is 7.54. The van der Waals surface area contributed by atoms with Gasteiger partial charge in [-0.3, -0.25) is 4.79 Å². The van der Waals surface area contributed by atoms with E-state index in [0.29, 0.717) is 17.2 Å². The van der Waals surface area contributed by atoms with Crippen LogP contribution < -0.4 is 10.3 Å². The maximum atomic E-state index is 12.9. The van der Waals surface area contributed by atoms with E-state index in [4.69, 9.17) is 16.3 Å². The van der Waals surface area contributed by atoms with Crippen molar-refractivity contribution >= 4 is 22.5 Å². The van der Waals surface area contributed by atoms with Crippen molar-refractivity contribution in [2.24, 2.45) is 0 Å². The van der Waals surface area contributed by atoms with E-state index in [-0.39, 0.29) is 22.8 Å². The van der Waals surface area contributed by atoms with Crippen molar-refractivity contribution < 1.29 is 31.1 Å². The maximum Gasteiger partial charge on any atom is 0.416 e. The number of benzene rings is 2. The minimum Gasteiger partial charge on any atom is -0.486 e. The second-order valence-corrected chi connectivity index (χ2v) is 6.14. The van der Waals surface area contributed by atoms with Crippen LogP contribution in [0, 0.1) is 0 Å². The fourth-order valence-electron chi connectivity index (χ4n) is 2.39. The first kappa shape index (κ1) is 20.0. The Morgan fingerprint density at radius 1 is 0.964 bits per heavy atom. The highest BCUT2D eigenvalue weighted by Crippen LogP contribution is 2.38. The van der Waals surface area contributed by atoms with Crippen LogP contribution in [-0.2, 0) is 19.0 Å². The third-order valence-electron chi connectivity index (χ3n) is 3.65. The van der Waals surface area contributed by atoms with Crippen LogP contribution in [-0.4, -0.2) is 9.97 Å². The number of halogens is 7. The molecule has 1 N–H and O–H groups in total. The molecular formula is C17H9ClF6N2O2. The van der Waals surface area contributed by atoms with Gasteiger partial charge in [0.25, 0.3) is 5.56 Å². The molecule has 1 heterocycles. The van der Waals surface area contributed by atoms with Crippen molar-refractivity contribution in [1.82, 2.24) is 9.97 Å². The van der Waals surface area contributed by atoms with Gasteiger partial charge in [-0.1, -0.05) is 11.6 Å². The van der Waals surface area contributed by atoms with Gasteiger partial charge in [0, 0.05) is 5.02 Å². The van der Waals surface area contributed by atoms with E-state index in [1.165, 1.54) is 18.2 Å². The molecule has 28 heavy (non-hydrogen) atoms. The van der Waals surface area contributed by atoms with Gasteiger partial charge in [0.15, 0.2) is 0 Å². The summed E-state index contributed by atoms with van der Waals surface area (Å²) in [5.41, 5.74) is -3.37. The number of rotatable bonds is 3. The van der Waals surface area contributed by atoms with E-state index in [9.17, 15) is 31.1 Å². The van der Waals surface area contributed by atoms with E-state index >= 15 is 0 Å². The molecule has 0 spiro atoms. The molecule has 0 fully saturated rings. The minimum absolute atomic E-state index is 0.00892. The largest absolute Gasteiger partial charge is 0.486 e. The molecule has 0 radical (unpaired) electrons. The second kappa shape index (κ2) is 7.01. The van der Waals surface area contributed by atoms with Gasteiger partial charge in [-0.15, -0.1) is 0 Å². The molecule has 3 rings (SSSR count). The van der Waals surface area contributed by atoms with Crippen LogP contribution in [0.2, 0.25) is 5.02 Å². The van der Waals surface area contributed by atoms with Gasteiger partial charge in [0.2, 0.25) is 0 Å². The monoisotopic (exact) mass is 422 g/mol. The summed E-state index contributed by atoms with van der Waals surface area (Å²) >= 11 is 5.82. The molecule has 0 aliphatic heterocycles. The molecule has 0 aliphatic rings. The Morgan fingerprint density at radius 2 is 1.57 bits per heavy atom. The topological polar surface area (TPSA) is 55.0 Å². The van der Waals surface area contributed by atoms with Gasteiger partial charge in [-0.2, -0.15) is 26.3 Å². The molecule has 0 saturated heterocycles. The van der Waals surface area contributed by atoms with Crippen molar-refractivity contribution in [3.8, 4) is 5.75 Å². The molecule has 1 aromatic heterocycles. The third-order valence-corrected chi connectivity index (χ3v) is 3.89. The zero-order valence-electron chi connectivity index (χ0n) is 13.6. The fraction of sp³-hybridized carbons (Fsp3) is 0.176. The van der Waals surface area contributed by atoms with Crippen LogP contribution >= 0.6 is 11.6 Å². The van der Waals surface area contributed by atoms with E-state index < -0.39 is 41.4 Å². The summed E-state index contributed by atoms with van der Waals surface area (Å²) in [5, 5.41) is 0.511. The lowest BCUT2D eigenvalue weighted by Gasteiger charge is -2.14. The lowest BCUT2D eigenvalue weighted by atomic mass is 10.1. The number of nitrogens with one attached hydrogen (secondary N) is 1. The lowest BCUT2D eigenvalue weighted by Crippen LogP contribution is -2.14. The molecule has 3 aromatic rings. The number of aromatic amines is 1. The number of hydrogen-bond donors (Lipinski definition) is 1. The number of fused-ring (bicyclic) bond motifs is 1. The van der Waals surface area contributed by atoms with E-state index in [2.05, 4.69) is 9.97 Å². The average Bonchev–Trinajstić information content (AvgIpc) is 2.58. The Bertz CT molecular complexity index is 1060. The van der Waals surface area contributed by atoms with Crippen LogP contribution in [0.1, 0.15) is 17.0 Å². The summed E-state index contributed by atoms with van der Waals surface area (Å²) < 4.78 is 82.2. The molecule has 0 saturated carbocycles. The molecule has 0 atom stereocenters. The number of aromatic nitrogens is 2. The normalized spacial score (nSPS) is 12.4. The molecule has 148 valence electrons. The fourth-order valence-corrected chi connectivity index (χ4v) is 2.56. The Hall–Kier alpha value is -2.75. The van der Waals surface area contributed by atoms with Gasteiger partial charge in [-0.05, 0) is 36.4 Å².